The monoisotopic (exact) mass is 1690 g/mol. The number of aromatic hydroxyl groups is 4. The van der Waals surface area contributed by atoms with Crippen molar-refractivity contribution in [2.24, 2.45) is 0 Å². The van der Waals surface area contributed by atoms with E-state index in [-0.39, 0.29) is 47.2 Å². The van der Waals surface area contributed by atoms with Crippen LogP contribution in [-0.4, -0.2) is 66.9 Å². The predicted molar refractivity (Wildman–Crippen MR) is 511 cm³/mol. The second kappa shape index (κ2) is 48.2. The molecule has 4 N–H and O–H groups in total. The van der Waals surface area contributed by atoms with Gasteiger partial charge in [0.05, 0.1) is 22.3 Å². The zero-order chi connectivity index (χ0) is 86.5. The summed E-state index contributed by atoms with van der Waals surface area (Å²) in [5.74, 6) is 2.04. The van der Waals surface area contributed by atoms with Crippen LogP contribution < -0.4 is 18.9 Å². The van der Waals surface area contributed by atoms with Crippen LogP contribution in [0.25, 0.3) is 0 Å². The predicted octanol–water partition coefficient (Wildman–Crippen LogP) is 30.7. The summed E-state index contributed by atoms with van der Waals surface area (Å²) in [5.41, 5.74) is 15.0. The van der Waals surface area contributed by atoms with Crippen LogP contribution in [0.5, 0.6) is 46.0 Å². The van der Waals surface area contributed by atoms with Crippen molar-refractivity contribution in [3.05, 3.63) is 235 Å². The summed E-state index contributed by atoms with van der Waals surface area (Å²) in [6.07, 6.45) is 44.7. The van der Waals surface area contributed by atoms with Gasteiger partial charge in [0.25, 0.3) is 0 Å². The lowest BCUT2D eigenvalue weighted by Crippen LogP contribution is -2.36. The summed E-state index contributed by atoms with van der Waals surface area (Å²) >= 11 is 0. The third-order valence-electron chi connectivity index (χ3n) is 29.3. The number of benzene rings is 8. The number of nitrogens with zero attached hydrogens (tertiary/aromatic N) is 4. The van der Waals surface area contributed by atoms with Crippen molar-refractivity contribution < 1.29 is 39.4 Å². The molecule has 13 rings (SSSR count). The quantitative estimate of drug-likeness (QED) is 0.0271. The Morgan fingerprint density at radius 2 is 0.411 bits per heavy atom. The van der Waals surface area contributed by atoms with Crippen LogP contribution in [-0.2, 0) is 26.2 Å². The van der Waals surface area contributed by atoms with Gasteiger partial charge in [-0.25, -0.2) is 0 Å². The first-order valence-corrected chi connectivity index (χ1v) is 50.0. The zero-order valence-electron chi connectivity index (χ0n) is 77.6. The number of ether oxygens (including phenoxy) is 4. The average Bonchev–Trinajstić information content (AvgIpc) is 0.723. The van der Waals surface area contributed by atoms with Crippen molar-refractivity contribution in [3.63, 3.8) is 0 Å². The van der Waals surface area contributed by atoms with Crippen LogP contribution in [0, 0.1) is 0 Å². The van der Waals surface area contributed by atoms with Gasteiger partial charge in [-0.3, -0.25) is 19.6 Å². The highest BCUT2D eigenvalue weighted by atomic mass is 16.5. The first-order chi connectivity index (χ1) is 60.8. The van der Waals surface area contributed by atoms with Gasteiger partial charge in [0.15, 0.2) is 0 Å². The lowest BCUT2D eigenvalue weighted by Gasteiger charge is -2.40. The van der Waals surface area contributed by atoms with E-state index in [1.807, 2.05) is 0 Å². The van der Waals surface area contributed by atoms with E-state index >= 15 is 0 Å². The summed E-state index contributed by atoms with van der Waals surface area (Å²) in [4.78, 5) is 9.50. The third-order valence-corrected chi connectivity index (χ3v) is 29.3. The average molecular weight is 1690 g/mol. The third kappa shape index (κ3) is 23.7. The Labute approximate surface area is 748 Å². The van der Waals surface area contributed by atoms with E-state index in [9.17, 15) is 20.4 Å². The first kappa shape index (κ1) is 93.6. The molecular weight excluding hydrogens is 1530 g/mol. The van der Waals surface area contributed by atoms with Crippen LogP contribution in [0.3, 0.4) is 0 Å². The van der Waals surface area contributed by atoms with Gasteiger partial charge in [0.2, 0.25) is 0 Å². The number of unbranched alkanes of at least 4 members (excludes halogenated alkanes) is 32. The maximum absolute atomic E-state index is 14.4. The van der Waals surface area contributed by atoms with Crippen LogP contribution in [0.2, 0.25) is 0 Å². The Morgan fingerprint density at radius 1 is 0.242 bits per heavy atom. The largest absolute Gasteiger partial charge is 0.507 e. The summed E-state index contributed by atoms with van der Waals surface area (Å²) in [5, 5.41) is 57.8. The van der Waals surface area contributed by atoms with Gasteiger partial charge in [-0.1, -0.05) is 380 Å². The van der Waals surface area contributed by atoms with Gasteiger partial charge < -0.3 is 39.4 Å². The van der Waals surface area contributed by atoms with Crippen LogP contribution in [0.15, 0.2) is 146 Å². The minimum Gasteiger partial charge on any atom is -0.507 e. The lowest BCUT2D eigenvalue weighted by atomic mass is 9.74. The minimum absolute atomic E-state index is 0.0549. The van der Waals surface area contributed by atoms with Gasteiger partial charge in [0.1, 0.15) is 72.9 Å². The molecule has 8 bridgehead atoms. The van der Waals surface area contributed by atoms with Crippen molar-refractivity contribution in [2.45, 2.75) is 386 Å². The molecular formula is C112H156N4O8. The SMILES string of the molecule is CCCCCCCCCCC[C@H]1c2cc(c3c(c2O)CN([C@H](C)c2ccccc2)CO3)[C@@H](CCCCCCCCCCC)c2cc(c3c(c2O)CN([C@H](C)c2ccccc2)CO3)[C@@H](CCCCCCCCCCC)c2cc(c3c(c2O)CN([C@H](C)c2ccccc2)CO3)[C@@H](CCCCCCCCCCC)c2cc1c1c(c2O)CN([C@H](C)c2ccccc2)CO1. The maximum atomic E-state index is 14.4. The zero-order valence-corrected chi connectivity index (χ0v) is 77.6. The van der Waals surface area contributed by atoms with Gasteiger partial charge in [0, 0.05) is 119 Å². The molecule has 8 aromatic rings. The van der Waals surface area contributed by atoms with Crippen LogP contribution in [0.4, 0.5) is 0 Å². The summed E-state index contributed by atoms with van der Waals surface area (Å²) < 4.78 is 30.2. The number of fused-ring (bicyclic) bond motifs is 16. The van der Waals surface area contributed by atoms with E-state index in [1.165, 1.54) is 176 Å². The van der Waals surface area contributed by atoms with Gasteiger partial charge in [-0.15, -0.1) is 0 Å². The molecule has 0 fully saturated rings. The molecule has 8 atom stereocenters. The molecule has 0 spiro atoms. The first-order valence-electron chi connectivity index (χ1n) is 50.0. The van der Waals surface area contributed by atoms with E-state index < -0.39 is 23.7 Å². The van der Waals surface area contributed by atoms with Gasteiger partial charge >= 0.3 is 0 Å². The maximum Gasteiger partial charge on any atom is 0.142 e. The fraction of sp³-hybridized carbons (Fsp3) is 0.571. The van der Waals surface area contributed by atoms with Crippen molar-refractivity contribution in [2.75, 3.05) is 26.9 Å². The normalized spacial score (nSPS) is 18.2. The molecule has 8 aromatic carbocycles. The number of phenols is 4. The molecule has 5 aliphatic rings. The van der Waals surface area contributed by atoms with E-state index in [2.05, 4.69) is 221 Å². The van der Waals surface area contributed by atoms with Crippen LogP contribution >= 0.6 is 0 Å². The molecule has 4 aliphatic heterocycles. The summed E-state index contributed by atoms with van der Waals surface area (Å²) in [7, 11) is 0. The Hall–Kier alpha value is -8.00. The second-order valence-corrected chi connectivity index (χ2v) is 38.0. The fourth-order valence-electron chi connectivity index (χ4n) is 21.3. The summed E-state index contributed by atoms with van der Waals surface area (Å²) in [6, 6.07) is 52.2. The fourth-order valence-corrected chi connectivity index (χ4v) is 21.3. The minimum atomic E-state index is -0.431. The molecule has 672 valence electrons. The van der Waals surface area contributed by atoms with E-state index in [1.54, 1.807) is 0 Å². The molecule has 12 nitrogen and oxygen atoms in total. The van der Waals surface area contributed by atoms with Crippen molar-refractivity contribution in [3.8, 4) is 46.0 Å². The topological polar surface area (TPSA) is 131 Å². The smallest absolute Gasteiger partial charge is 0.142 e. The number of rotatable bonds is 48. The standard InChI is InChI=1S/C112H156N4O8/c1-9-13-17-21-25-29-33-37-53-65-89-93-69-98(110-101(105(93)117)73-113(78-122-110)81(5)85-57-45-41-46-58-85)91(67-55-39-35-31-27-23-19-15-11-3)95-71-100(112-103(107(95)119)75-115(80-124-112)83(7)87-61-49-43-50-62-87)92(68-56-40-36-32-28-24-20-16-12-4)96-72-99(111-104(108(96)120)76-116(79-123-111)84(8)88-63-51-44-52-64-88)90(66-54-38-34-30-26-22-18-14-10-2)94-70-97(89)109-102(106(94)118)74-114(77-121-109)82(6)86-59-47-42-48-60-86/h41-52,57-64,69-72,81-84,89-92,117-120H,9-40,53-56,65-68,73-80H2,1-8H3/t81-,82-,83-,84-,89+,90+,91+,92+/m1/s1. The molecule has 4 heterocycles. The van der Waals surface area contributed by atoms with Crippen molar-refractivity contribution >= 4 is 0 Å². The Bertz CT molecular complexity index is 3960. The van der Waals surface area contributed by atoms with E-state index in [0.717, 1.165) is 144 Å². The van der Waals surface area contributed by atoms with Crippen LogP contribution in [0.1, 0.15) is 449 Å². The Morgan fingerprint density at radius 3 is 0.589 bits per heavy atom. The van der Waals surface area contributed by atoms with Crippen molar-refractivity contribution in [1.82, 2.24) is 19.6 Å². The highest BCUT2D eigenvalue weighted by Gasteiger charge is 2.43. The van der Waals surface area contributed by atoms with Gasteiger partial charge in [-0.2, -0.15) is 0 Å². The number of phenolic OH excluding ortho intramolecular Hbond substituents is 4. The number of hydrogen-bond donors (Lipinski definition) is 4. The molecule has 0 saturated heterocycles. The molecule has 124 heavy (non-hydrogen) atoms. The lowest BCUT2D eigenvalue weighted by molar-refractivity contribution is 0.0582. The van der Waals surface area contributed by atoms with Gasteiger partial charge in [-0.05, 0) is 99.9 Å². The molecule has 0 amide bonds. The summed E-state index contributed by atoms with van der Waals surface area (Å²) in [6.45, 7) is 21.2. The molecule has 0 aromatic heterocycles. The van der Waals surface area contributed by atoms with Crippen molar-refractivity contribution in [1.29, 1.82) is 0 Å². The van der Waals surface area contributed by atoms with E-state index in [4.69, 9.17) is 18.9 Å². The Kier molecular flexibility index (Phi) is 36.4. The molecule has 0 radical (unpaired) electrons. The molecule has 12 heteroatoms. The highest BCUT2D eigenvalue weighted by Crippen LogP contribution is 2.59. The molecule has 0 unspecified atom stereocenters. The number of hydrogen-bond acceptors (Lipinski definition) is 12. The highest BCUT2D eigenvalue weighted by molar-refractivity contribution is 5.69. The molecule has 1 aliphatic carbocycles. The van der Waals surface area contributed by atoms with E-state index in [0.29, 0.717) is 102 Å². The Balaban J connectivity index is 1.11. The molecule has 0 saturated carbocycles. The second-order valence-electron chi connectivity index (χ2n) is 38.0.